The number of ether oxygens (including phenoxy) is 2. The van der Waals surface area contributed by atoms with Crippen molar-refractivity contribution in [3.8, 4) is 17.2 Å². The summed E-state index contributed by atoms with van der Waals surface area (Å²) in [7, 11) is -2.01. The molecule has 0 saturated carbocycles. The lowest BCUT2D eigenvalue weighted by atomic mass is 9.56. The third-order valence-corrected chi connectivity index (χ3v) is 7.19. The molecule has 0 spiro atoms. The van der Waals surface area contributed by atoms with E-state index in [0.717, 1.165) is 12.8 Å². The molecule has 1 aromatic rings. The Morgan fingerprint density at radius 2 is 1.39 bits per heavy atom. The number of aromatic hydroxyl groups is 1. The highest BCUT2D eigenvalue weighted by molar-refractivity contribution is 7.86. The van der Waals surface area contributed by atoms with Gasteiger partial charge in [-0.3, -0.25) is 4.55 Å². The average Bonchev–Trinajstić information content (AvgIpc) is 2.57. The van der Waals surface area contributed by atoms with E-state index in [-0.39, 0.29) is 28.2 Å². The van der Waals surface area contributed by atoms with Crippen molar-refractivity contribution in [1.82, 2.24) is 0 Å². The lowest BCUT2D eigenvalue weighted by molar-refractivity contribution is 0.0750. The van der Waals surface area contributed by atoms with E-state index in [9.17, 15) is 18.1 Å². The number of hydrogen-bond acceptors (Lipinski definition) is 5. The SMILES string of the molecule is CCc1c(O)c(C(C(C)(C)CC(C)C)C(C)(C)CC(C)(C)C)c(S(=O)(=O)O)c(OC)c1OC. The standard InChI is InChI=1S/C26H46O6S/c1-13-17-19(27)18(22(33(28,29)30)21(32-12)20(17)31-11)23(25(7,8)14-16(2)3)26(9,10)15-24(4,5)6/h16,23,27H,13-15H2,1-12H3,(H,28,29,30). The van der Waals surface area contributed by atoms with Crippen molar-refractivity contribution in [3.63, 3.8) is 0 Å². The Morgan fingerprint density at radius 3 is 1.73 bits per heavy atom. The fourth-order valence-electron chi connectivity index (χ4n) is 6.47. The Hall–Kier alpha value is -1.47. The molecule has 1 rings (SSSR count). The summed E-state index contributed by atoms with van der Waals surface area (Å²) in [6.45, 7) is 21.0. The van der Waals surface area contributed by atoms with E-state index in [1.165, 1.54) is 14.2 Å². The zero-order valence-corrected chi connectivity index (χ0v) is 23.5. The molecule has 6 nitrogen and oxygen atoms in total. The molecule has 0 aliphatic rings. The third-order valence-electron chi connectivity index (χ3n) is 6.26. The Labute approximate surface area is 201 Å². The first-order chi connectivity index (χ1) is 14.7. The second kappa shape index (κ2) is 10.0. The quantitative estimate of drug-likeness (QED) is 0.352. The Morgan fingerprint density at radius 1 is 0.909 bits per heavy atom. The lowest BCUT2D eigenvalue weighted by Crippen LogP contribution is -2.38. The molecule has 0 fully saturated rings. The summed E-state index contributed by atoms with van der Waals surface area (Å²) in [6, 6.07) is 0. The van der Waals surface area contributed by atoms with Crippen molar-refractivity contribution < 1.29 is 27.6 Å². The van der Waals surface area contributed by atoms with Crippen LogP contribution in [0.15, 0.2) is 4.90 Å². The molecule has 0 aromatic heterocycles. The number of phenolic OH excluding ortho intramolecular Hbond substituents is 1. The third kappa shape index (κ3) is 6.56. The van der Waals surface area contributed by atoms with Crippen LogP contribution in [-0.4, -0.2) is 32.3 Å². The number of rotatable bonds is 10. The second-order valence-corrected chi connectivity index (χ2v) is 13.6. The van der Waals surface area contributed by atoms with Crippen LogP contribution in [0.2, 0.25) is 0 Å². The maximum absolute atomic E-state index is 12.8. The minimum atomic E-state index is -4.76. The van der Waals surface area contributed by atoms with Crippen LogP contribution < -0.4 is 9.47 Å². The minimum absolute atomic E-state index is 0.0479. The first-order valence-corrected chi connectivity index (χ1v) is 13.2. The Balaban J connectivity index is 4.34. The zero-order valence-electron chi connectivity index (χ0n) is 22.7. The van der Waals surface area contributed by atoms with Crippen molar-refractivity contribution in [3.05, 3.63) is 11.1 Å². The fourth-order valence-corrected chi connectivity index (χ4v) is 7.37. The van der Waals surface area contributed by atoms with Crippen LogP contribution in [0.25, 0.3) is 0 Å². The van der Waals surface area contributed by atoms with Crippen LogP contribution in [0.5, 0.6) is 17.2 Å². The molecule has 1 aromatic carbocycles. The smallest absolute Gasteiger partial charge is 0.298 e. The monoisotopic (exact) mass is 486 g/mol. The maximum atomic E-state index is 12.8. The number of hydrogen-bond donors (Lipinski definition) is 2. The van der Waals surface area contributed by atoms with E-state index in [2.05, 4.69) is 62.3 Å². The van der Waals surface area contributed by atoms with Gasteiger partial charge in [0.05, 0.1) is 14.2 Å². The molecule has 192 valence electrons. The maximum Gasteiger partial charge on any atom is 0.298 e. The summed E-state index contributed by atoms with van der Waals surface area (Å²) in [4.78, 5) is -0.402. The van der Waals surface area contributed by atoms with Crippen LogP contribution in [0.4, 0.5) is 0 Å². The molecule has 0 aliphatic carbocycles. The summed E-state index contributed by atoms with van der Waals surface area (Å²) in [5, 5.41) is 11.6. The van der Waals surface area contributed by atoms with Crippen molar-refractivity contribution in [2.75, 3.05) is 14.2 Å². The number of phenols is 1. The first-order valence-electron chi connectivity index (χ1n) is 11.7. The summed E-state index contributed by atoms with van der Waals surface area (Å²) in [5.41, 5.74) is -0.211. The lowest BCUT2D eigenvalue weighted by Gasteiger charge is -2.49. The molecule has 2 N–H and O–H groups in total. The number of benzene rings is 1. The first kappa shape index (κ1) is 29.6. The summed E-state index contributed by atoms with van der Waals surface area (Å²) < 4.78 is 47.0. The molecule has 0 bridgehead atoms. The Kier molecular flexibility index (Phi) is 8.98. The molecular weight excluding hydrogens is 440 g/mol. The van der Waals surface area contributed by atoms with E-state index in [0.29, 0.717) is 17.9 Å². The van der Waals surface area contributed by atoms with Gasteiger partial charge in [0.1, 0.15) is 10.6 Å². The predicted molar refractivity (Wildman–Crippen MR) is 134 cm³/mol. The van der Waals surface area contributed by atoms with E-state index >= 15 is 0 Å². The highest BCUT2D eigenvalue weighted by atomic mass is 32.2. The zero-order chi connectivity index (χ0) is 26.2. The van der Waals surface area contributed by atoms with Gasteiger partial charge in [0.2, 0.25) is 0 Å². The summed E-state index contributed by atoms with van der Waals surface area (Å²) in [5.74, 6) is -0.153. The van der Waals surface area contributed by atoms with Gasteiger partial charge in [0, 0.05) is 11.1 Å². The summed E-state index contributed by atoms with van der Waals surface area (Å²) >= 11 is 0. The molecule has 0 aliphatic heterocycles. The van der Waals surface area contributed by atoms with E-state index in [1.807, 2.05) is 6.92 Å². The minimum Gasteiger partial charge on any atom is -0.507 e. The largest absolute Gasteiger partial charge is 0.507 e. The molecule has 0 radical (unpaired) electrons. The van der Waals surface area contributed by atoms with Crippen LogP contribution in [-0.2, 0) is 16.5 Å². The molecule has 0 heterocycles. The van der Waals surface area contributed by atoms with Crippen LogP contribution in [0.1, 0.15) is 99.1 Å². The molecule has 7 heteroatoms. The topological polar surface area (TPSA) is 93.1 Å². The van der Waals surface area contributed by atoms with E-state index in [4.69, 9.17) is 9.47 Å². The van der Waals surface area contributed by atoms with Crippen LogP contribution >= 0.6 is 0 Å². The van der Waals surface area contributed by atoms with E-state index < -0.39 is 31.8 Å². The molecule has 1 unspecified atom stereocenters. The fraction of sp³-hybridized carbons (Fsp3) is 0.769. The highest BCUT2D eigenvalue weighted by Gasteiger charge is 2.48. The van der Waals surface area contributed by atoms with Gasteiger partial charge >= 0.3 is 0 Å². The van der Waals surface area contributed by atoms with Crippen molar-refractivity contribution in [2.45, 2.75) is 99.3 Å². The number of methoxy groups -OCH3 is 2. The van der Waals surface area contributed by atoms with Gasteiger partial charge in [-0.05, 0) is 47.3 Å². The van der Waals surface area contributed by atoms with Crippen LogP contribution in [0, 0.1) is 22.2 Å². The molecule has 1 atom stereocenters. The van der Waals surface area contributed by atoms with Gasteiger partial charge < -0.3 is 14.6 Å². The summed E-state index contributed by atoms with van der Waals surface area (Å²) in [6.07, 6.45) is 1.97. The Bertz CT molecular complexity index is 937. The van der Waals surface area contributed by atoms with Gasteiger partial charge in [-0.15, -0.1) is 0 Å². The van der Waals surface area contributed by atoms with Crippen molar-refractivity contribution in [1.29, 1.82) is 0 Å². The van der Waals surface area contributed by atoms with Gasteiger partial charge in [-0.25, -0.2) is 0 Å². The van der Waals surface area contributed by atoms with Gasteiger partial charge in [-0.1, -0.05) is 69.2 Å². The van der Waals surface area contributed by atoms with Crippen molar-refractivity contribution in [2.24, 2.45) is 22.2 Å². The van der Waals surface area contributed by atoms with Gasteiger partial charge in [0.25, 0.3) is 10.1 Å². The molecule has 0 saturated heterocycles. The molecule has 33 heavy (non-hydrogen) atoms. The predicted octanol–water partition coefficient (Wildman–Crippen LogP) is 6.84. The van der Waals surface area contributed by atoms with Gasteiger partial charge in [-0.2, -0.15) is 8.42 Å². The van der Waals surface area contributed by atoms with Crippen molar-refractivity contribution >= 4 is 10.1 Å². The normalized spacial score (nSPS) is 14.5. The van der Waals surface area contributed by atoms with Crippen LogP contribution in [0.3, 0.4) is 0 Å². The average molecular weight is 487 g/mol. The molecular formula is C26H46O6S. The van der Waals surface area contributed by atoms with E-state index in [1.54, 1.807) is 0 Å². The molecule has 0 amide bonds. The highest BCUT2D eigenvalue weighted by Crippen LogP contribution is 2.60. The second-order valence-electron chi connectivity index (χ2n) is 12.2. The van der Waals surface area contributed by atoms with Gasteiger partial charge in [0.15, 0.2) is 11.5 Å².